The van der Waals surface area contributed by atoms with Crippen LogP contribution in [0.25, 0.3) is 0 Å². The number of amides is 1. The number of hydrazine groups is 1. The molecule has 0 aromatic carbocycles. The molecule has 0 spiro atoms. The SMILES string of the molecule is NNC(=O)c1cc(F)cnc1I. The molecule has 0 radical (unpaired) electrons. The molecule has 3 N–H and O–H groups in total. The van der Waals surface area contributed by atoms with Gasteiger partial charge in [0.15, 0.2) is 0 Å². The number of carbonyl (C=O) groups is 1. The van der Waals surface area contributed by atoms with Crippen LogP contribution in [-0.4, -0.2) is 10.9 Å². The summed E-state index contributed by atoms with van der Waals surface area (Å²) in [4.78, 5) is 14.6. The van der Waals surface area contributed by atoms with Crippen molar-refractivity contribution in [3.05, 3.63) is 27.3 Å². The Balaban J connectivity index is 3.13. The first kappa shape index (κ1) is 9.33. The second kappa shape index (κ2) is 3.76. The Labute approximate surface area is 81.5 Å². The van der Waals surface area contributed by atoms with E-state index in [1.54, 1.807) is 0 Å². The Bertz CT molecular complexity index is 318. The normalized spacial score (nSPS) is 9.58. The van der Waals surface area contributed by atoms with Crippen LogP contribution < -0.4 is 11.3 Å². The number of nitrogens with zero attached hydrogens (tertiary/aromatic N) is 1. The fraction of sp³-hybridized carbons (Fsp3) is 0. The Morgan fingerprint density at radius 3 is 3.00 bits per heavy atom. The van der Waals surface area contributed by atoms with E-state index in [0.29, 0.717) is 3.70 Å². The summed E-state index contributed by atoms with van der Waals surface area (Å²) in [5.41, 5.74) is 2.04. The van der Waals surface area contributed by atoms with Crippen molar-refractivity contribution in [1.82, 2.24) is 10.4 Å². The van der Waals surface area contributed by atoms with Crippen molar-refractivity contribution < 1.29 is 9.18 Å². The van der Waals surface area contributed by atoms with Crippen molar-refractivity contribution in [1.29, 1.82) is 0 Å². The van der Waals surface area contributed by atoms with Gasteiger partial charge in [-0.1, -0.05) is 0 Å². The minimum absolute atomic E-state index is 0.137. The van der Waals surface area contributed by atoms with Crippen LogP contribution in [0.1, 0.15) is 10.4 Å². The smallest absolute Gasteiger partial charge is 0.267 e. The van der Waals surface area contributed by atoms with Crippen molar-refractivity contribution in [3.8, 4) is 0 Å². The van der Waals surface area contributed by atoms with E-state index in [1.165, 1.54) is 0 Å². The topological polar surface area (TPSA) is 68.0 Å². The first-order chi connectivity index (χ1) is 5.65. The molecular formula is C6H5FIN3O. The number of rotatable bonds is 1. The van der Waals surface area contributed by atoms with Crippen LogP contribution in [0.2, 0.25) is 0 Å². The fourth-order valence-corrected chi connectivity index (χ4v) is 1.20. The van der Waals surface area contributed by atoms with Gasteiger partial charge in [-0.15, -0.1) is 0 Å². The largest absolute Gasteiger partial charge is 0.290 e. The van der Waals surface area contributed by atoms with Gasteiger partial charge in [-0.2, -0.15) is 0 Å². The molecule has 0 saturated carbocycles. The van der Waals surface area contributed by atoms with E-state index in [1.807, 2.05) is 28.0 Å². The highest BCUT2D eigenvalue weighted by Crippen LogP contribution is 2.09. The molecule has 6 heteroatoms. The van der Waals surface area contributed by atoms with Gasteiger partial charge >= 0.3 is 0 Å². The average Bonchev–Trinajstić information content (AvgIpc) is 2.08. The van der Waals surface area contributed by atoms with Crippen molar-refractivity contribution in [2.24, 2.45) is 5.84 Å². The molecule has 0 bridgehead atoms. The lowest BCUT2D eigenvalue weighted by molar-refractivity contribution is 0.0952. The van der Waals surface area contributed by atoms with Crippen LogP contribution in [0, 0.1) is 9.52 Å². The molecular weight excluding hydrogens is 276 g/mol. The summed E-state index contributed by atoms with van der Waals surface area (Å²) in [5, 5.41) is 0. The quantitative estimate of drug-likeness (QED) is 0.258. The summed E-state index contributed by atoms with van der Waals surface area (Å²) in [5.74, 6) is 3.76. The van der Waals surface area contributed by atoms with Crippen LogP contribution in [0.4, 0.5) is 4.39 Å². The molecule has 0 aliphatic rings. The van der Waals surface area contributed by atoms with E-state index in [2.05, 4.69) is 4.98 Å². The lowest BCUT2D eigenvalue weighted by atomic mass is 10.3. The molecule has 0 aliphatic heterocycles. The van der Waals surface area contributed by atoms with Gasteiger partial charge in [-0.05, 0) is 28.7 Å². The van der Waals surface area contributed by atoms with E-state index in [-0.39, 0.29) is 5.56 Å². The Hall–Kier alpha value is -0.760. The first-order valence-electron chi connectivity index (χ1n) is 2.97. The standard InChI is InChI=1S/C6H5FIN3O/c7-3-1-4(6(12)11-9)5(8)10-2-3/h1-2H,9H2,(H,11,12). The molecule has 0 saturated heterocycles. The minimum Gasteiger partial charge on any atom is -0.290 e. The van der Waals surface area contributed by atoms with Gasteiger partial charge in [0.1, 0.15) is 9.52 Å². The van der Waals surface area contributed by atoms with Gasteiger partial charge < -0.3 is 0 Å². The molecule has 0 aliphatic carbocycles. The second-order valence-electron chi connectivity index (χ2n) is 1.97. The zero-order valence-electron chi connectivity index (χ0n) is 5.84. The van der Waals surface area contributed by atoms with Crippen LogP contribution in [0.5, 0.6) is 0 Å². The summed E-state index contributed by atoms with van der Waals surface area (Å²) in [6.07, 6.45) is 1.04. The molecule has 4 nitrogen and oxygen atoms in total. The molecule has 1 heterocycles. The fourth-order valence-electron chi connectivity index (χ4n) is 0.660. The highest BCUT2D eigenvalue weighted by Gasteiger charge is 2.10. The molecule has 1 aromatic rings. The zero-order valence-corrected chi connectivity index (χ0v) is 8.00. The highest BCUT2D eigenvalue weighted by molar-refractivity contribution is 14.1. The molecule has 0 unspecified atom stereocenters. The Morgan fingerprint density at radius 1 is 1.75 bits per heavy atom. The van der Waals surface area contributed by atoms with E-state index in [4.69, 9.17) is 5.84 Å². The van der Waals surface area contributed by atoms with Gasteiger partial charge in [-0.25, -0.2) is 15.2 Å². The Morgan fingerprint density at radius 2 is 2.42 bits per heavy atom. The summed E-state index contributed by atoms with van der Waals surface area (Å²) < 4.78 is 13.0. The number of halogens is 2. The number of nitrogens with two attached hydrogens (primary N) is 1. The lowest BCUT2D eigenvalue weighted by Crippen LogP contribution is -2.30. The van der Waals surface area contributed by atoms with E-state index < -0.39 is 11.7 Å². The molecule has 12 heavy (non-hydrogen) atoms. The van der Waals surface area contributed by atoms with Gasteiger partial charge in [0.25, 0.3) is 5.91 Å². The van der Waals surface area contributed by atoms with Crippen LogP contribution in [0.15, 0.2) is 12.3 Å². The van der Waals surface area contributed by atoms with Crippen LogP contribution in [0.3, 0.4) is 0 Å². The van der Waals surface area contributed by atoms with Gasteiger partial charge in [0, 0.05) is 0 Å². The third-order valence-corrected chi connectivity index (χ3v) is 2.04. The number of nitrogens with one attached hydrogen (secondary N) is 1. The van der Waals surface area contributed by atoms with E-state index >= 15 is 0 Å². The molecule has 64 valence electrons. The number of aromatic nitrogens is 1. The Kier molecular flexibility index (Phi) is 2.93. The predicted molar refractivity (Wildman–Crippen MR) is 48.6 cm³/mol. The molecule has 1 rings (SSSR count). The summed E-state index contributed by atoms with van der Waals surface area (Å²) in [7, 11) is 0. The van der Waals surface area contributed by atoms with Gasteiger partial charge in [0.2, 0.25) is 0 Å². The summed E-state index contributed by atoms with van der Waals surface area (Å²) in [6.45, 7) is 0. The van der Waals surface area contributed by atoms with Crippen molar-refractivity contribution in [3.63, 3.8) is 0 Å². The maximum atomic E-state index is 12.6. The van der Waals surface area contributed by atoms with Gasteiger partial charge in [0.05, 0.1) is 11.8 Å². The number of hydrogen-bond donors (Lipinski definition) is 2. The predicted octanol–water partition coefficient (Wildman–Crippen LogP) is 0.429. The maximum absolute atomic E-state index is 12.6. The molecule has 0 fully saturated rings. The molecule has 1 amide bonds. The molecule has 1 aromatic heterocycles. The number of pyridine rings is 1. The highest BCUT2D eigenvalue weighted by atomic mass is 127. The second-order valence-corrected chi connectivity index (χ2v) is 2.99. The van der Waals surface area contributed by atoms with E-state index in [0.717, 1.165) is 12.3 Å². The minimum atomic E-state index is -0.561. The number of carbonyl (C=O) groups excluding carboxylic acids is 1. The number of nitrogen functional groups attached to an aromatic ring is 1. The summed E-state index contributed by atoms with van der Waals surface area (Å²) in [6, 6.07) is 1.08. The number of hydrogen-bond acceptors (Lipinski definition) is 3. The van der Waals surface area contributed by atoms with Crippen LogP contribution >= 0.6 is 22.6 Å². The van der Waals surface area contributed by atoms with Gasteiger partial charge in [-0.3, -0.25) is 10.2 Å². The zero-order chi connectivity index (χ0) is 9.14. The van der Waals surface area contributed by atoms with Crippen LogP contribution in [-0.2, 0) is 0 Å². The molecule has 0 atom stereocenters. The van der Waals surface area contributed by atoms with E-state index in [9.17, 15) is 9.18 Å². The third kappa shape index (κ3) is 1.89. The van der Waals surface area contributed by atoms with Crippen molar-refractivity contribution in [2.75, 3.05) is 0 Å². The van der Waals surface area contributed by atoms with Crippen molar-refractivity contribution in [2.45, 2.75) is 0 Å². The average molecular weight is 281 g/mol. The maximum Gasteiger partial charge on any atom is 0.267 e. The van der Waals surface area contributed by atoms with Crippen molar-refractivity contribution >= 4 is 28.5 Å². The summed E-state index contributed by atoms with van der Waals surface area (Å²) >= 11 is 1.82. The third-order valence-electron chi connectivity index (χ3n) is 1.18. The lowest BCUT2D eigenvalue weighted by Gasteiger charge is -2.00. The first-order valence-corrected chi connectivity index (χ1v) is 4.05. The monoisotopic (exact) mass is 281 g/mol.